The van der Waals surface area contributed by atoms with Gasteiger partial charge in [0.1, 0.15) is 12.1 Å². The van der Waals surface area contributed by atoms with Crippen molar-refractivity contribution in [2.75, 3.05) is 19.8 Å². The van der Waals surface area contributed by atoms with Crippen LogP contribution < -0.4 is 0 Å². The molecule has 1 saturated carbocycles. The summed E-state index contributed by atoms with van der Waals surface area (Å²) in [5, 5.41) is 6.67. The molecule has 2 unspecified atom stereocenters. The SMILES string of the molecule is O=C1CCCCC1C1COCCN1C(=O)c1cccc(-c2ncn[nH]2)c1. The molecule has 1 saturated heterocycles. The molecule has 0 spiro atoms. The van der Waals surface area contributed by atoms with E-state index in [0.717, 1.165) is 24.8 Å². The third-order valence-electron chi connectivity index (χ3n) is 5.29. The van der Waals surface area contributed by atoms with E-state index >= 15 is 0 Å². The number of nitrogens with one attached hydrogen (secondary N) is 1. The Morgan fingerprint density at radius 2 is 2.23 bits per heavy atom. The first-order valence-corrected chi connectivity index (χ1v) is 9.11. The molecule has 7 heteroatoms. The molecule has 1 aliphatic carbocycles. The maximum atomic E-state index is 13.2. The molecule has 2 heterocycles. The van der Waals surface area contributed by atoms with Gasteiger partial charge < -0.3 is 9.64 Å². The Labute approximate surface area is 151 Å². The van der Waals surface area contributed by atoms with Crippen LogP contribution in [-0.4, -0.2) is 57.6 Å². The van der Waals surface area contributed by atoms with Gasteiger partial charge in [-0.2, -0.15) is 5.10 Å². The first kappa shape index (κ1) is 16.9. The van der Waals surface area contributed by atoms with Crippen molar-refractivity contribution in [2.24, 2.45) is 5.92 Å². The molecule has 2 fully saturated rings. The third kappa shape index (κ3) is 3.26. The minimum atomic E-state index is -0.169. The molecule has 136 valence electrons. The molecule has 2 atom stereocenters. The molecule has 2 aromatic rings. The molecule has 0 radical (unpaired) electrons. The average Bonchev–Trinajstić information content (AvgIpc) is 3.23. The third-order valence-corrected chi connectivity index (χ3v) is 5.29. The van der Waals surface area contributed by atoms with E-state index in [1.54, 1.807) is 6.07 Å². The maximum Gasteiger partial charge on any atom is 0.254 e. The lowest BCUT2D eigenvalue weighted by Crippen LogP contribution is -2.54. The van der Waals surface area contributed by atoms with Crippen molar-refractivity contribution >= 4 is 11.7 Å². The van der Waals surface area contributed by atoms with E-state index in [9.17, 15) is 9.59 Å². The number of aromatic nitrogens is 3. The van der Waals surface area contributed by atoms with Crippen molar-refractivity contribution in [1.82, 2.24) is 20.1 Å². The van der Waals surface area contributed by atoms with E-state index in [-0.39, 0.29) is 23.7 Å². The second kappa shape index (κ2) is 7.37. The van der Waals surface area contributed by atoms with Crippen LogP contribution in [-0.2, 0) is 9.53 Å². The van der Waals surface area contributed by atoms with E-state index < -0.39 is 0 Å². The molecule has 0 bridgehead atoms. The second-order valence-corrected chi connectivity index (χ2v) is 6.87. The molecule has 1 amide bonds. The van der Waals surface area contributed by atoms with Crippen molar-refractivity contribution < 1.29 is 14.3 Å². The normalized spacial score (nSPS) is 23.8. The second-order valence-electron chi connectivity index (χ2n) is 6.87. The van der Waals surface area contributed by atoms with Crippen molar-refractivity contribution in [3.05, 3.63) is 36.2 Å². The Bertz CT molecular complexity index is 790. The van der Waals surface area contributed by atoms with Crippen molar-refractivity contribution in [3.8, 4) is 11.4 Å². The molecule has 2 aliphatic rings. The van der Waals surface area contributed by atoms with Crippen molar-refractivity contribution in [2.45, 2.75) is 31.7 Å². The Balaban J connectivity index is 1.59. The van der Waals surface area contributed by atoms with Gasteiger partial charge in [-0.25, -0.2) is 4.98 Å². The lowest BCUT2D eigenvalue weighted by Gasteiger charge is -2.40. The molecular formula is C19H22N4O3. The van der Waals surface area contributed by atoms with Gasteiger partial charge in [0.05, 0.1) is 19.3 Å². The highest BCUT2D eigenvalue weighted by atomic mass is 16.5. The van der Waals surface area contributed by atoms with Gasteiger partial charge >= 0.3 is 0 Å². The minimum Gasteiger partial charge on any atom is -0.377 e. The first-order chi connectivity index (χ1) is 12.7. The zero-order valence-electron chi connectivity index (χ0n) is 14.6. The van der Waals surface area contributed by atoms with Gasteiger partial charge in [0.2, 0.25) is 0 Å². The standard InChI is InChI=1S/C19H22N4O3/c24-17-7-2-1-6-15(17)16-11-26-9-8-23(16)19(25)14-5-3-4-13(10-14)18-20-12-21-22-18/h3-5,10,12,15-16H,1-2,6-9,11H2,(H,20,21,22). The minimum absolute atomic E-state index is 0.0574. The van der Waals surface area contributed by atoms with E-state index in [0.29, 0.717) is 37.6 Å². The van der Waals surface area contributed by atoms with Crippen LogP contribution in [0.15, 0.2) is 30.6 Å². The number of aromatic amines is 1. The Morgan fingerprint density at radius 1 is 1.31 bits per heavy atom. The number of hydrogen-bond donors (Lipinski definition) is 1. The maximum absolute atomic E-state index is 13.2. The smallest absolute Gasteiger partial charge is 0.254 e. The van der Waals surface area contributed by atoms with Gasteiger partial charge in [0.15, 0.2) is 5.82 Å². The number of amides is 1. The Morgan fingerprint density at radius 3 is 3.04 bits per heavy atom. The van der Waals surface area contributed by atoms with E-state index in [1.807, 2.05) is 23.1 Å². The number of carbonyl (C=O) groups is 2. The number of hydrogen-bond acceptors (Lipinski definition) is 5. The first-order valence-electron chi connectivity index (χ1n) is 9.11. The Hall–Kier alpha value is -2.54. The largest absolute Gasteiger partial charge is 0.377 e. The molecule has 4 rings (SSSR count). The lowest BCUT2D eigenvalue weighted by molar-refractivity contribution is -0.129. The lowest BCUT2D eigenvalue weighted by atomic mass is 9.82. The van der Waals surface area contributed by atoms with Gasteiger partial charge in [-0.1, -0.05) is 18.6 Å². The summed E-state index contributed by atoms with van der Waals surface area (Å²) in [6, 6.07) is 7.18. The van der Waals surface area contributed by atoms with E-state index in [1.165, 1.54) is 6.33 Å². The molecule has 7 nitrogen and oxygen atoms in total. The quantitative estimate of drug-likeness (QED) is 0.912. The van der Waals surface area contributed by atoms with Crippen LogP contribution in [0.1, 0.15) is 36.0 Å². The molecule has 26 heavy (non-hydrogen) atoms. The fourth-order valence-electron chi connectivity index (χ4n) is 3.94. The predicted molar refractivity (Wildman–Crippen MR) is 94.4 cm³/mol. The zero-order valence-corrected chi connectivity index (χ0v) is 14.6. The average molecular weight is 354 g/mol. The van der Waals surface area contributed by atoms with Crippen molar-refractivity contribution in [1.29, 1.82) is 0 Å². The van der Waals surface area contributed by atoms with Crippen LogP contribution in [0.5, 0.6) is 0 Å². The van der Waals surface area contributed by atoms with Crippen LogP contribution in [0.25, 0.3) is 11.4 Å². The zero-order chi connectivity index (χ0) is 17.9. The van der Waals surface area contributed by atoms with Crippen molar-refractivity contribution in [3.63, 3.8) is 0 Å². The van der Waals surface area contributed by atoms with Gasteiger partial charge in [-0.15, -0.1) is 0 Å². The van der Waals surface area contributed by atoms with Gasteiger partial charge in [0, 0.05) is 30.0 Å². The number of rotatable bonds is 3. The summed E-state index contributed by atoms with van der Waals surface area (Å²) in [4.78, 5) is 31.6. The fourth-order valence-corrected chi connectivity index (χ4v) is 3.94. The Kier molecular flexibility index (Phi) is 4.79. The van der Waals surface area contributed by atoms with E-state index in [4.69, 9.17) is 4.74 Å². The number of benzene rings is 1. The molecule has 1 N–H and O–H groups in total. The molecule has 1 aromatic carbocycles. The summed E-state index contributed by atoms with van der Waals surface area (Å²) in [6.45, 7) is 1.45. The summed E-state index contributed by atoms with van der Waals surface area (Å²) in [6.07, 6.45) is 4.89. The summed E-state index contributed by atoms with van der Waals surface area (Å²) in [7, 11) is 0. The molecular weight excluding hydrogens is 332 g/mol. The highest BCUT2D eigenvalue weighted by Crippen LogP contribution is 2.29. The van der Waals surface area contributed by atoms with Crippen LogP contribution >= 0.6 is 0 Å². The number of H-pyrrole nitrogens is 1. The van der Waals surface area contributed by atoms with Gasteiger partial charge in [-0.3, -0.25) is 14.7 Å². The van der Waals surface area contributed by atoms with Crippen LogP contribution in [0, 0.1) is 5.92 Å². The number of morpholine rings is 1. The van der Waals surface area contributed by atoms with Gasteiger partial charge in [0.25, 0.3) is 5.91 Å². The molecule has 1 aliphatic heterocycles. The summed E-state index contributed by atoms with van der Waals surface area (Å²) >= 11 is 0. The number of Topliss-reactive ketones (excluding diaryl/α,β-unsaturated/α-hetero) is 1. The van der Waals surface area contributed by atoms with Crippen LogP contribution in [0.2, 0.25) is 0 Å². The molecule has 1 aromatic heterocycles. The van der Waals surface area contributed by atoms with Crippen LogP contribution in [0.4, 0.5) is 0 Å². The highest BCUT2D eigenvalue weighted by Gasteiger charge is 2.38. The summed E-state index contributed by atoms with van der Waals surface area (Å²) in [5.41, 5.74) is 1.40. The van der Waals surface area contributed by atoms with Gasteiger partial charge in [-0.05, 0) is 25.0 Å². The monoisotopic (exact) mass is 354 g/mol. The number of nitrogens with zero attached hydrogens (tertiary/aromatic N) is 3. The topological polar surface area (TPSA) is 88.2 Å². The number of ether oxygens (including phenoxy) is 1. The number of carbonyl (C=O) groups excluding carboxylic acids is 2. The predicted octanol–water partition coefficient (Wildman–Crippen LogP) is 2.07. The van der Waals surface area contributed by atoms with E-state index in [2.05, 4.69) is 15.2 Å². The number of ketones is 1. The summed E-state index contributed by atoms with van der Waals surface area (Å²) < 4.78 is 5.61. The summed E-state index contributed by atoms with van der Waals surface area (Å²) in [5.74, 6) is 0.726. The van der Waals surface area contributed by atoms with Crippen LogP contribution in [0.3, 0.4) is 0 Å². The highest BCUT2D eigenvalue weighted by molar-refractivity contribution is 5.96. The fraction of sp³-hybridized carbons (Fsp3) is 0.474.